The highest BCUT2D eigenvalue weighted by Crippen LogP contribution is 2.32. The van der Waals surface area contributed by atoms with Gasteiger partial charge in [-0.15, -0.1) is 0 Å². The van der Waals surface area contributed by atoms with E-state index in [9.17, 15) is 4.79 Å². The van der Waals surface area contributed by atoms with Gasteiger partial charge in [0, 0.05) is 23.8 Å². The summed E-state index contributed by atoms with van der Waals surface area (Å²) in [5.41, 5.74) is 1.95. The molecule has 15 heavy (non-hydrogen) atoms. The molecule has 76 valence electrons. The lowest BCUT2D eigenvalue weighted by molar-refractivity contribution is 0.112. The fraction of sp³-hybridized carbons (Fsp3) is 0.308. The second-order valence-electron chi connectivity index (χ2n) is 4.35. The van der Waals surface area contributed by atoms with Crippen molar-refractivity contribution in [2.24, 2.45) is 5.92 Å². The molecule has 0 bridgehead atoms. The molecule has 0 radical (unpaired) electrons. The summed E-state index contributed by atoms with van der Waals surface area (Å²) in [6.45, 7) is 1.10. The van der Waals surface area contributed by atoms with Crippen molar-refractivity contribution in [2.45, 2.75) is 19.4 Å². The van der Waals surface area contributed by atoms with E-state index >= 15 is 0 Å². The molecule has 1 aliphatic carbocycles. The van der Waals surface area contributed by atoms with E-state index in [2.05, 4.69) is 16.8 Å². The predicted octanol–water partition coefficient (Wildman–Crippen LogP) is 2.86. The van der Waals surface area contributed by atoms with Crippen LogP contribution in [0, 0.1) is 5.92 Å². The van der Waals surface area contributed by atoms with Crippen LogP contribution in [0.4, 0.5) is 0 Å². The van der Waals surface area contributed by atoms with Crippen LogP contribution in [0.3, 0.4) is 0 Å². The molecule has 2 nitrogen and oxygen atoms in total. The van der Waals surface area contributed by atoms with Crippen molar-refractivity contribution >= 4 is 17.2 Å². The maximum Gasteiger partial charge on any atom is 0.150 e. The first-order valence-electron chi connectivity index (χ1n) is 5.41. The molecule has 3 rings (SSSR count). The highest BCUT2D eigenvalue weighted by Gasteiger charge is 2.21. The van der Waals surface area contributed by atoms with Gasteiger partial charge in [0.1, 0.15) is 6.29 Å². The monoisotopic (exact) mass is 199 g/mol. The van der Waals surface area contributed by atoms with E-state index in [1.807, 2.05) is 18.2 Å². The normalized spacial score (nSPS) is 15.7. The van der Waals surface area contributed by atoms with Gasteiger partial charge >= 0.3 is 0 Å². The van der Waals surface area contributed by atoms with Crippen LogP contribution >= 0.6 is 0 Å². The number of fused-ring (bicyclic) bond motifs is 1. The molecule has 1 saturated carbocycles. The molecular formula is C13H13NO. The van der Waals surface area contributed by atoms with Crippen LogP contribution in [0.1, 0.15) is 23.2 Å². The Labute approximate surface area is 88.5 Å². The van der Waals surface area contributed by atoms with Gasteiger partial charge in [0.15, 0.2) is 0 Å². The minimum absolute atomic E-state index is 0.762. The lowest BCUT2D eigenvalue weighted by Crippen LogP contribution is -1.97. The maximum absolute atomic E-state index is 10.7. The topological polar surface area (TPSA) is 22.0 Å². The van der Waals surface area contributed by atoms with Gasteiger partial charge in [0.05, 0.1) is 0 Å². The molecule has 0 N–H and O–H groups in total. The van der Waals surface area contributed by atoms with Crippen LogP contribution in [0.15, 0.2) is 30.5 Å². The summed E-state index contributed by atoms with van der Waals surface area (Å²) in [6, 6.07) is 7.98. The molecule has 0 aliphatic heterocycles. The fourth-order valence-electron chi connectivity index (χ4n) is 2.01. The summed E-state index contributed by atoms with van der Waals surface area (Å²) in [4.78, 5) is 10.7. The predicted molar refractivity (Wildman–Crippen MR) is 60.0 cm³/mol. The molecule has 0 amide bonds. The number of nitrogens with zero attached hydrogens (tertiary/aromatic N) is 1. The summed E-state index contributed by atoms with van der Waals surface area (Å²) in [5, 5.41) is 1.22. The zero-order valence-corrected chi connectivity index (χ0v) is 8.52. The Bertz CT molecular complexity index is 508. The van der Waals surface area contributed by atoms with Gasteiger partial charge in [0.25, 0.3) is 0 Å². The van der Waals surface area contributed by atoms with E-state index in [4.69, 9.17) is 0 Å². The number of hydrogen-bond donors (Lipinski definition) is 0. The fourth-order valence-corrected chi connectivity index (χ4v) is 2.01. The number of hydrogen-bond acceptors (Lipinski definition) is 1. The van der Waals surface area contributed by atoms with E-state index in [-0.39, 0.29) is 0 Å². The third-order valence-electron chi connectivity index (χ3n) is 3.09. The van der Waals surface area contributed by atoms with E-state index in [1.54, 1.807) is 0 Å². The van der Waals surface area contributed by atoms with Gasteiger partial charge in [-0.2, -0.15) is 0 Å². The van der Waals surface area contributed by atoms with E-state index in [1.165, 1.54) is 23.7 Å². The molecule has 0 saturated heterocycles. The third kappa shape index (κ3) is 1.56. The van der Waals surface area contributed by atoms with E-state index in [0.29, 0.717) is 0 Å². The Balaban J connectivity index is 2.08. The van der Waals surface area contributed by atoms with Gasteiger partial charge in [-0.05, 0) is 36.3 Å². The van der Waals surface area contributed by atoms with Crippen molar-refractivity contribution in [3.8, 4) is 0 Å². The van der Waals surface area contributed by atoms with Gasteiger partial charge < -0.3 is 4.57 Å². The number of carbonyl (C=O) groups is 1. The van der Waals surface area contributed by atoms with E-state index < -0.39 is 0 Å². The molecule has 1 aliphatic rings. The molecule has 2 heteroatoms. The minimum atomic E-state index is 0.762. The number of aromatic nitrogens is 1. The first-order valence-corrected chi connectivity index (χ1v) is 5.41. The van der Waals surface area contributed by atoms with Crippen molar-refractivity contribution in [3.05, 3.63) is 36.0 Å². The average Bonchev–Trinajstić information content (AvgIpc) is 3.00. The summed E-state index contributed by atoms with van der Waals surface area (Å²) in [7, 11) is 0. The first kappa shape index (κ1) is 8.72. The number of rotatable bonds is 3. The van der Waals surface area contributed by atoms with Crippen LogP contribution < -0.4 is 0 Å². The molecule has 1 fully saturated rings. The number of aldehydes is 1. The lowest BCUT2D eigenvalue weighted by Gasteiger charge is -2.03. The summed E-state index contributed by atoms with van der Waals surface area (Å²) >= 11 is 0. The number of carbonyl (C=O) groups excluding carboxylic acids is 1. The molecule has 1 heterocycles. The van der Waals surface area contributed by atoms with Gasteiger partial charge in [-0.25, -0.2) is 0 Å². The van der Waals surface area contributed by atoms with Gasteiger partial charge in [-0.3, -0.25) is 4.79 Å². The minimum Gasteiger partial charge on any atom is -0.347 e. The largest absolute Gasteiger partial charge is 0.347 e. The molecule has 0 spiro atoms. The Kier molecular flexibility index (Phi) is 1.88. The zero-order valence-electron chi connectivity index (χ0n) is 8.52. The standard InChI is InChI=1S/C13H13NO/c15-9-11-3-4-12-5-6-14(13(12)7-11)8-10-1-2-10/h3-7,9-10H,1-2,8H2. The third-order valence-corrected chi connectivity index (χ3v) is 3.09. The van der Waals surface area contributed by atoms with E-state index in [0.717, 1.165) is 24.3 Å². The molecule has 1 aromatic heterocycles. The smallest absolute Gasteiger partial charge is 0.150 e. The zero-order chi connectivity index (χ0) is 10.3. The van der Waals surface area contributed by atoms with Crippen molar-refractivity contribution in [1.29, 1.82) is 0 Å². The van der Waals surface area contributed by atoms with Gasteiger partial charge in [0.2, 0.25) is 0 Å². The summed E-state index contributed by atoms with van der Waals surface area (Å²) in [6.07, 6.45) is 5.74. The van der Waals surface area contributed by atoms with Crippen LogP contribution in [0.25, 0.3) is 10.9 Å². The molecular weight excluding hydrogens is 186 g/mol. The quantitative estimate of drug-likeness (QED) is 0.697. The summed E-state index contributed by atoms with van der Waals surface area (Å²) < 4.78 is 2.26. The van der Waals surface area contributed by atoms with Crippen molar-refractivity contribution in [1.82, 2.24) is 4.57 Å². The molecule has 0 atom stereocenters. The Morgan fingerprint density at radius 2 is 2.20 bits per heavy atom. The van der Waals surface area contributed by atoms with Crippen molar-refractivity contribution in [2.75, 3.05) is 0 Å². The SMILES string of the molecule is O=Cc1ccc2ccn(CC3CC3)c2c1. The van der Waals surface area contributed by atoms with Crippen LogP contribution in [0.2, 0.25) is 0 Å². The first-order chi connectivity index (χ1) is 7.36. The summed E-state index contributed by atoms with van der Waals surface area (Å²) in [5.74, 6) is 0.862. The Hall–Kier alpha value is -1.57. The Morgan fingerprint density at radius 3 is 2.93 bits per heavy atom. The van der Waals surface area contributed by atoms with Gasteiger partial charge in [-0.1, -0.05) is 12.1 Å². The van der Waals surface area contributed by atoms with Crippen molar-refractivity contribution in [3.63, 3.8) is 0 Å². The number of benzene rings is 1. The van der Waals surface area contributed by atoms with Crippen LogP contribution in [-0.4, -0.2) is 10.9 Å². The maximum atomic E-state index is 10.7. The lowest BCUT2D eigenvalue weighted by atomic mass is 10.2. The highest BCUT2D eigenvalue weighted by molar-refractivity contribution is 5.87. The molecule has 0 unspecified atom stereocenters. The van der Waals surface area contributed by atoms with Crippen molar-refractivity contribution < 1.29 is 4.79 Å². The van der Waals surface area contributed by atoms with Crippen LogP contribution in [0.5, 0.6) is 0 Å². The van der Waals surface area contributed by atoms with Crippen LogP contribution in [-0.2, 0) is 6.54 Å². The molecule has 1 aromatic carbocycles. The highest BCUT2D eigenvalue weighted by atomic mass is 16.1. The Morgan fingerprint density at radius 1 is 1.33 bits per heavy atom. The average molecular weight is 199 g/mol. The second kappa shape index (κ2) is 3.23. The second-order valence-corrected chi connectivity index (χ2v) is 4.35. The molecule has 2 aromatic rings.